The second-order valence-electron chi connectivity index (χ2n) is 4.86. The number of hydrogen-bond acceptors (Lipinski definition) is 4. The third-order valence-corrected chi connectivity index (χ3v) is 3.75. The smallest absolute Gasteiger partial charge is 0.181 e. The lowest BCUT2D eigenvalue weighted by Gasteiger charge is -2.02. The Labute approximate surface area is 127 Å². The van der Waals surface area contributed by atoms with Gasteiger partial charge in [0.2, 0.25) is 0 Å². The van der Waals surface area contributed by atoms with E-state index in [1.807, 2.05) is 38.2 Å². The summed E-state index contributed by atoms with van der Waals surface area (Å²) in [6, 6.07) is 7.49. The lowest BCUT2D eigenvalue weighted by Crippen LogP contribution is -2.06. The molecule has 0 unspecified atom stereocenters. The highest BCUT2D eigenvalue weighted by molar-refractivity contribution is 6.31. The van der Waals surface area contributed by atoms with Gasteiger partial charge in [-0.3, -0.25) is 4.68 Å². The number of nitrogen functional groups attached to an aromatic ring is 1. The Bertz CT molecular complexity index is 789. The summed E-state index contributed by atoms with van der Waals surface area (Å²) in [5.74, 6) is 0.636. The number of halogens is 1. The lowest BCUT2D eigenvalue weighted by molar-refractivity contribution is 0.618. The van der Waals surface area contributed by atoms with E-state index in [-0.39, 0.29) is 0 Å². The van der Waals surface area contributed by atoms with Crippen molar-refractivity contribution in [2.75, 3.05) is 5.73 Å². The summed E-state index contributed by atoms with van der Waals surface area (Å²) in [7, 11) is 1.87. The Balaban J connectivity index is 1.89. The van der Waals surface area contributed by atoms with Gasteiger partial charge in [0, 0.05) is 18.3 Å². The van der Waals surface area contributed by atoms with Crippen molar-refractivity contribution in [3.63, 3.8) is 0 Å². The maximum atomic E-state index is 6.25. The third-order valence-electron chi connectivity index (χ3n) is 3.25. The fraction of sp³-hybridized carbons (Fsp3) is 0.214. The van der Waals surface area contributed by atoms with Crippen molar-refractivity contribution in [1.29, 1.82) is 0 Å². The summed E-state index contributed by atoms with van der Waals surface area (Å²) in [4.78, 5) is 4.31. The first kappa shape index (κ1) is 13.6. The normalized spacial score (nSPS) is 11.0. The highest BCUT2D eigenvalue weighted by Gasteiger charge is 2.13. The zero-order valence-electron chi connectivity index (χ0n) is 11.8. The molecule has 108 valence electrons. The summed E-state index contributed by atoms with van der Waals surface area (Å²) in [6.07, 6.45) is 1.68. The first-order valence-corrected chi connectivity index (χ1v) is 6.85. The molecule has 6 nitrogen and oxygen atoms in total. The number of nitrogens with two attached hydrogens (primary N) is 1. The van der Waals surface area contributed by atoms with Crippen LogP contribution in [0.15, 0.2) is 30.6 Å². The van der Waals surface area contributed by atoms with Crippen LogP contribution in [0.5, 0.6) is 0 Å². The van der Waals surface area contributed by atoms with Crippen LogP contribution in [0.3, 0.4) is 0 Å². The van der Waals surface area contributed by atoms with Crippen LogP contribution in [0.4, 0.5) is 5.69 Å². The average molecular weight is 303 g/mol. The van der Waals surface area contributed by atoms with Gasteiger partial charge in [-0.25, -0.2) is 9.67 Å². The number of aryl methyl sites for hydroxylation is 2. The second kappa shape index (κ2) is 5.21. The molecule has 0 atom stereocenters. The molecule has 0 saturated carbocycles. The zero-order chi connectivity index (χ0) is 15.0. The van der Waals surface area contributed by atoms with Gasteiger partial charge in [0.15, 0.2) is 5.82 Å². The van der Waals surface area contributed by atoms with Crippen LogP contribution in [0.25, 0.3) is 11.4 Å². The highest BCUT2D eigenvalue weighted by Crippen LogP contribution is 2.21. The number of rotatable bonds is 3. The number of benzene rings is 1. The Kier molecular flexibility index (Phi) is 3.39. The number of hydrogen-bond donors (Lipinski definition) is 1. The molecule has 1 aromatic carbocycles. The third kappa shape index (κ3) is 2.62. The standard InChI is InChI=1S/C14H15ClN6/c1-9-13(15)12(20(2)18-9)7-21-8-17-14(19-21)10-4-3-5-11(16)6-10/h3-6,8H,7,16H2,1-2H3. The molecule has 2 N–H and O–H groups in total. The quantitative estimate of drug-likeness (QED) is 0.753. The van der Waals surface area contributed by atoms with Gasteiger partial charge in [-0.1, -0.05) is 23.7 Å². The molecular formula is C14H15ClN6. The van der Waals surface area contributed by atoms with E-state index in [4.69, 9.17) is 17.3 Å². The van der Waals surface area contributed by atoms with Crippen LogP contribution in [0.1, 0.15) is 11.4 Å². The van der Waals surface area contributed by atoms with E-state index in [9.17, 15) is 0 Å². The molecule has 0 amide bonds. The van der Waals surface area contributed by atoms with E-state index in [0.29, 0.717) is 23.1 Å². The minimum atomic E-state index is 0.519. The Morgan fingerprint density at radius 3 is 2.76 bits per heavy atom. The number of aromatic nitrogens is 5. The fourth-order valence-corrected chi connectivity index (χ4v) is 2.41. The Hall–Kier alpha value is -2.34. The van der Waals surface area contributed by atoms with Crippen molar-refractivity contribution < 1.29 is 0 Å². The predicted octanol–water partition coefficient (Wildman–Crippen LogP) is 2.27. The summed E-state index contributed by atoms with van der Waals surface area (Å²) >= 11 is 6.25. The van der Waals surface area contributed by atoms with Gasteiger partial charge in [0.1, 0.15) is 6.33 Å². The van der Waals surface area contributed by atoms with Crippen LogP contribution < -0.4 is 5.73 Å². The van der Waals surface area contributed by atoms with E-state index in [2.05, 4.69) is 15.2 Å². The first-order chi connectivity index (χ1) is 10.0. The largest absolute Gasteiger partial charge is 0.399 e. The molecule has 0 saturated heterocycles. The van der Waals surface area contributed by atoms with Crippen LogP contribution in [0.2, 0.25) is 5.02 Å². The van der Waals surface area contributed by atoms with Crippen molar-refractivity contribution in [3.8, 4) is 11.4 Å². The molecule has 0 bridgehead atoms. The predicted molar refractivity (Wildman–Crippen MR) is 81.9 cm³/mol. The van der Waals surface area contributed by atoms with E-state index in [0.717, 1.165) is 17.0 Å². The minimum absolute atomic E-state index is 0.519. The molecule has 0 aliphatic heterocycles. The van der Waals surface area contributed by atoms with Crippen LogP contribution in [-0.2, 0) is 13.6 Å². The molecule has 2 aromatic heterocycles. The lowest BCUT2D eigenvalue weighted by atomic mass is 10.2. The minimum Gasteiger partial charge on any atom is -0.399 e. The van der Waals surface area contributed by atoms with Crippen molar-refractivity contribution in [3.05, 3.63) is 47.0 Å². The molecule has 0 aliphatic rings. The van der Waals surface area contributed by atoms with E-state index >= 15 is 0 Å². The molecule has 21 heavy (non-hydrogen) atoms. The molecule has 0 spiro atoms. The summed E-state index contributed by atoms with van der Waals surface area (Å²) in [5.41, 5.74) is 9.07. The van der Waals surface area contributed by atoms with E-state index in [1.54, 1.807) is 15.7 Å². The Morgan fingerprint density at radius 1 is 1.29 bits per heavy atom. The fourth-order valence-electron chi connectivity index (χ4n) is 2.19. The summed E-state index contributed by atoms with van der Waals surface area (Å²) in [5, 5.41) is 9.41. The van der Waals surface area contributed by atoms with Crippen molar-refractivity contribution >= 4 is 17.3 Å². The van der Waals surface area contributed by atoms with Crippen molar-refractivity contribution in [2.24, 2.45) is 7.05 Å². The van der Waals surface area contributed by atoms with E-state index < -0.39 is 0 Å². The maximum absolute atomic E-state index is 6.25. The molecule has 0 radical (unpaired) electrons. The zero-order valence-corrected chi connectivity index (χ0v) is 12.5. The second-order valence-corrected chi connectivity index (χ2v) is 5.24. The molecule has 3 rings (SSSR count). The van der Waals surface area contributed by atoms with Gasteiger partial charge in [-0.2, -0.15) is 10.2 Å². The van der Waals surface area contributed by atoms with Gasteiger partial charge in [-0.05, 0) is 19.1 Å². The molecule has 2 heterocycles. The van der Waals surface area contributed by atoms with Crippen LogP contribution in [-0.4, -0.2) is 24.5 Å². The number of anilines is 1. The van der Waals surface area contributed by atoms with Crippen LogP contribution in [0, 0.1) is 6.92 Å². The van der Waals surface area contributed by atoms with Crippen molar-refractivity contribution in [2.45, 2.75) is 13.5 Å². The van der Waals surface area contributed by atoms with Gasteiger partial charge in [0.05, 0.1) is 23.0 Å². The summed E-state index contributed by atoms with van der Waals surface area (Å²) < 4.78 is 3.50. The topological polar surface area (TPSA) is 74.5 Å². The SMILES string of the molecule is Cc1nn(C)c(Cn2cnc(-c3cccc(N)c3)n2)c1Cl. The molecule has 3 aromatic rings. The van der Waals surface area contributed by atoms with E-state index in [1.165, 1.54) is 0 Å². The molecule has 7 heteroatoms. The monoisotopic (exact) mass is 302 g/mol. The molecular weight excluding hydrogens is 288 g/mol. The van der Waals surface area contributed by atoms with Crippen molar-refractivity contribution in [1.82, 2.24) is 24.5 Å². The summed E-state index contributed by atoms with van der Waals surface area (Å²) in [6.45, 7) is 2.40. The van der Waals surface area contributed by atoms with Gasteiger partial charge in [0.25, 0.3) is 0 Å². The number of nitrogens with zero attached hydrogens (tertiary/aromatic N) is 5. The Morgan fingerprint density at radius 2 is 2.10 bits per heavy atom. The first-order valence-electron chi connectivity index (χ1n) is 6.48. The molecule has 0 aliphatic carbocycles. The molecule has 0 fully saturated rings. The van der Waals surface area contributed by atoms with Crippen LogP contribution >= 0.6 is 11.6 Å². The maximum Gasteiger partial charge on any atom is 0.181 e. The van der Waals surface area contributed by atoms with Gasteiger partial charge in [-0.15, -0.1) is 0 Å². The highest BCUT2D eigenvalue weighted by atomic mass is 35.5. The van der Waals surface area contributed by atoms with Gasteiger partial charge < -0.3 is 5.73 Å². The average Bonchev–Trinajstić information content (AvgIpc) is 3.00. The van der Waals surface area contributed by atoms with Gasteiger partial charge >= 0.3 is 0 Å².